The van der Waals surface area contributed by atoms with Gasteiger partial charge in [0.15, 0.2) is 6.10 Å². The Morgan fingerprint density at radius 3 is 2.41 bits per heavy atom. The van der Waals surface area contributed by atoms with Gasteiger partial charge in [-0.05, 0) is 48.5 Å². The number of benzene rings is 3. The topological polar surface area (TPSA) is 59.1 Å². The van der Waals surface area contributed by atoms with Crippen molar-refractivity contribution in [1.82, 2.24) is 0 Å². The molecule has 0 saturated carbocycles. The lowest BCUT2D eigenvalue weighted by Crippen LogP contribution is -2.37. The Labute approximate surface area is 198 Å². The number of rotatable bonds is 4. The summed E-state index contributed by atoms with van der Waals surface area (Å²) < 4.78 is 6.43. The fraction of sp³-hybridized carbons (Fsp3) is 0.167. The number of fused-ring (bicyclic) bond motifs is 1. The third-order valence-corrected chi connectivity index (χ3v) is 6.43. The zero-order valence-electron chi connectivity index (χ0n) is 16.9. The molecule has 5 rings (SSSR count). The number of hydroxylamine groups is 1. The SMILES string of the molecule is COc1ccc(Br)cc1[C@@H]1[C@H]2C(=O)N(c3cccc(Cl)c3)C(=O)[C@H]2ON1c1ccccc1. The molecule has 2 aliphatic heterocycles. The third-order valence-electron chi connectivity index (χ3n) is 5.70. The van der Waals surface area contributed by atoms with Gasteiger partial charge in [0.25, 0.3) is 5.91 Å². The van der Waals surface area contributed by atoms with Crippen LogP contribution in [0.25, 0.3) is 0 Å². The number of nitrogens with zero attached hydrogens (tertiary/aromatic N) is 2. The molecule has 0 unspecified atom stereocenters. The first-order chi connectivity index (χ1) is 15.5. The van der Waals surface area contributed by atoms with E-state index in [2.05, 4.69) is 15.9 Å². The average molecular weight is 514 g/mol. The van der Waals surface area contributed by atoms with Gasteiger partial charge in [0, 0.05) is 15.1 Å². The van der Waals surface area contributed by atoms with Crippen molar-refractivity contribution < 1.29 is 19.2 Å². The normalized spacial score (nSPS) is 22.4. The Morgan fingerprint density at radius 2 is 1.69 bits per heavy atom. The van der Waals surface area contributed by atoms with Crippen molar-refractivity contribution in [2.45, 2.75) is 12.1 Å². The maximum absolute atomic E-state index is 13.7. The molecule has 0 aliphatic carbocycles. The Balaban J connectivity index is 1.64. The first kappa shape index (κ1) is 21.0. The second-order valence-corrected chi connectivity index (χ2v) is 8.89. The van der Waals surface area contributed by atoms with Crippen LogP contribution in [0.1, 0.15) is 11.6 Å². The van der Waals surface area contributed by atoms with E-state index in [1.54, 1.807) is 36.4 Å². The van der Waals surface area contributed by atoms with Crippen molar-refractivity contribution >= 4 is 50.7 Å². The highest BCUT2D eigenvalue weighted by Crippen LogP contribution is 2.50. The highest BCUT2D eigenvalue weighted by atomic mass is 79.9. The maximum atomic E-state index is 13.7. The molecule has 0 spiro atoms. The molecule has 0 radical (unpaired) electrons. The molecular formula is C24H18BrClN2O4. The van der Waals surface area contributed by atoms with E-state index in [1.165, 1.54) is 4.90 Å². The third kappa shape index (κ3) is 3.37. The lowest BCUT2D eigenvalue weighted by molar-refractivity contribution is -0.126. The van der Waals surface area contributed by atoms with Gasteiger partial charge in [-0.1, -0.05) is 51.8 Å². The molecule has 0 aromatic heterocycles. The predicted molar refractivity (Wildman–Crippen MR) is 125 cm³/mol. The molecule has 0 N–H and O–H groups in total. The fourth-order valence-electron chi connectivity index (χ4n) is 4.34. The van der Waals surface area contributed by atoms with Gasteiger partial charge >= 0.3 is 0 Å². The van der Waals surface area contributed by atoms with Crippen LogP contribution in [-0.4, -0.2) is 25.0 Å². The summed E-state index contributed by atoms with van der Waals surface area (Å²) >= 11 is 9.63. The molecule has 3 aromatic carbocycles. The number of ether oxygens (including phenoxy) is 1. The Morgan fingerprint density at radius 1 is 0.938 bits per heavy atom. The fourth-order valence-corrected chi connectivity index (χ4v) is 4.90. The van der Waals surface area contributed by atoms with Crippen LogP contribution < -0.4 is 14.7 Å². The van der Waals surface area contributed by atoms with E-state index in [-0.39, 0.29) is 5.91 Å². The minimum Gasteiger partial charge on any atom is -0.496 e. The summed E-state index contributed by atoms with van der Waals surface area (Å²) in [5, 5.41) is 2.09. The number of carbonyl (C=O) groups excluding carboxylic acids is 2. The van der Waals surface area contributed by atoms with Crippen LogP contribution >= 0.6 is 27.5 Å². The van der Waals surface area contributed by atoms with E-state index in [0.717, 1.165) is 15.7 Å². The molecular weight excluding hydrogens is 496 g/mol. The van der Waals surface area contributed by atoms with E-state index in [9.17, 15) is 9.59 Å². The van der Waals surface area contributed by atoms with Crippen LogP contribution in [0.3, 0.4) is 0 Å². The Kier molecular flexibility index (Phi) is 5.41. The monoisotopic (exact) mass is 512 g/mol. The Bertz CT molecular complexity index is 1210. The largest absolute Gasteiger partial charge is 0.496 e. The number of amides is 2. The number of carbonyl (C=O) groups is 2. The first-order valence-electron chi connectivity index (χ1n) is 9.97. The number of hydrogen-bond acceptors (Lipinski definition) is 5. The molecule has 0 bridgehead atoms. The van der Waals surface area contributed by atoms with E-state index < -0.39 is 24.0 Å². The van der Waals surface area contributed by atoms with Gasteiger partial charge in [-0.3, -0.25) is 14.4 Å². The first-order valence-corrected chi connectivity index (χ1v) is 11.1. The number of halogens is 2. The maximum Gasteiger partial charge on any atom is 0.266 e. The molecule has 2 amide bonds. The van der Waals surface area contributed by atoms with Gasteiger partial charge in [0.1, 0.15) is 11.7 Å². The van der Waals surface area contributed by atoms with Crippen LogP contribution in [0.15, 0.2) is 77.3 Å². The second-order valence-electron chi connectivity index (χ2n) is 7.54. The van der Waals surface area contributed by atoms with Crippen LogP contribution in [0.5, 0.6) is 5.75 Å². The molecule has 2 aliphatic rings. The van der Waals surface area contributed by atoms with Crippen molar-refractivity contribution in [1.29, 1.82) is 0 Å². The Hall–Kier alpha value is -2.87. The van der Waals surface area contributed by atoms with Crippen LogP contribution in [0.4, 0.5) is 11.4 Å². The van der Waals surface area contributed by atoms with Crippen LogP contribution in [0, 0.1) is 5.92 Å². The zero-order valence-corrected chi connectivity index (χ0v) is 19.3. The van der Waals surface area contributed by atoms with Gasteiger partial charge < -0.3 is 4.74 Å². The smallest absolute Gasteiger partial charge is 0.266 e. The number of hydrogen-bond donors (Lipinski definition) is 0. The molecule has 3 aromatic rings. The molecule has 8 heteroatoms. The minimum atomic E-state index is -0.963. The van der Waals surface area contributed by atoms with E-state index in [4.69, 9.17) is 21.2 Å². The minimum absolute atomic E-state index is 0.340. The van der Waals surface area contributed by atoms with E-state index in [1.807, 2.05) is 48.5 Å². The summed E-state index contributed by atoms with van der Waals surface area (Å²) in [5.74, 6) is -0.915. The van der Waals surface area contributed by atoms with Crippen molar-refractivity contribution in [3.05, 3.63) is 87.9 Å². The number of anilines is 2. The molecule has 3 atom stereocenters. The van der Waals surface area contributed by atoms with Gasteiger partial charge in [0.05, 0.1) is 24.5 Å². The second kappa shape index (κ2) is 8.24. The molecule has 162 valence electrons. The predicted octanol–water partition coefficient (Wildman–Crippen LogP) is 5.16. The summed E-state index contributed by atoms with van der Waals surface area (Å²) in [7, 11) is 1.58. The van der Waals surface area contributed by atoms with E-state index in [0.29, 0.717) is 16.5 Å². The van der Waals surface area contributed by atoms with Crippen molar-refractivity contribution in [3.8, 4) is 5.75 Å². The number of methoxy groups -OCH3 is 1. The molecule has 2 saturated heterocycles. The van der Waals surface area contributed by atoms with Crippen molar-refractivity contribution in [3.63, 3.8) is 0 Å². The van der Waals surface area contributed by atoms with Gasteiger partial charge in [-0.2, -0.15) is 0 Å². The quantitative estimate of drug-likeness (QED) is 0.451. The highest BCUT2D eigenvalue weighted by molar-refractivity contribution is 9.10. The average Bonchev–Trinajstić information content (AvgIpc) is 3.30. The van der Waals surface area contributed by atoms with Crippen molar-refractivity contribution in [2.75, 3.05) is 17.1 Å². The molecule has 2 heterocycles. The van der Waals surface area contributed by atoms with Gasteiger partial charge in [0.2, 0.25) is 5.91 Å². The summed E-state index contributed by atoms with van der Waals surface area (Å²) in [5.41, 5.74) is 1.91. The van der Waals surface area contributed by atoms with Gasteiger partial charge in [-0.25, -0.2) is 9.96 Å². The standard InChI is InChI=1S/C24H18BrClN2O4/c1-31-19-11-10-14(25)12-18(19)21-20-22(32-28(21)16-7-3-2-4-8-16)24(30)27(23(20)29)17-9-5-6-15(26)13-17/h2-13,20-22H,1H3/t20-,21-,22+/m1/s1. The number of imide groups is 1. The molecule has 2 fully saturated rings. The number of para-hydroxylation sites is 1. The summed E-state index contributed by atoms with van der Waals surface area (Å²) in [6, 6.07) is 21.1. The summed E-state index contributed by atoms with van der Waals surface area (Å²) in [4.78, 5) is 34.3. The van der Waals surface area contributed by atoms with E-state index >= 15 is 0 Å². The molecule has 32 heavy (non-hydrogen) atoms. The van der Waals surface area contributed by atoms with Gasteiger partial charge in [-0.15, -0.1) is 0 Å². The summed E-state index contributed by atoms with van der Waals surface area (Å²) in [6.07, 6.45) is -0.963. The summed E-state index contributed by atoms with van der Waals surface area (Å²) in [6.45, 7) is 0. The zero-order chi connectivity index (χ0) is 22.4. The van der Waals surface area contributed by atoms with Crippen molar-refractivity contribution in [2.24, 2.45) is 5.92 Å². The van der Waals surface area contributed by atoms with Crippen LogP contribution in [0.2, 0.25) is 5.02 Å². The van der Waals surface area contributed by atoms with Crippen LogP contribution in [-0.2, 0) is 14.4 Å². The lowest BCUT2D eigenvalue weighted by Gasteiger charge is -2.29. The molecule has 6 nitrogen and oxygen atoms in total. The highest BCUT2D eigenvalue weighted by Gasteiger charge is 2.60. The lowest BCUT2D eigenvalue weighted by atomic mass is 9.90.